The van der Waals surface area contributed by atoms with Crippen molar-refractivity contribution in [2.75, 3.05) is 62.2 Å². The summed E-state index contributed by atoms with van der Waals surface area (Å²) in [4.78, 5) is 36.1. The molecule has 7 nitrogen and oxygen atoms in total. The Balaban J connectivity index is 1.39. The van der Waals surface area contributed by atoms with Crippen LogP contribution >= 0.6 is 0 Å². The van der Waals surface area contributed by atoms with Crippen LogP contribution in [0, 0.1) is 0 Å². The number of para-hydroxylation sites is 1. The highest BCUT2D eigenvalue weighted by Gasteiger charge is 2.23. The van der Waals surface area contributed by atoms with Gasteiger partial charge in [0, 0.05) is 69.9 Å². The van der Waals surface area contributed by atoms with E-state index in [0.29, 0.717) is 31.9 Å². The third-order valence-corrected chi connectivity index (χ3v) is 5.48. The van der Waals surface area contributed by atoms with Crippen molar-refractivity contribution in [3.8, 4) is 0 Å². The highest BCUT2D eigenvalue weighted by molar-refractivity contribution is 5.93. The Morgan fingerprint density at radius 2 is 1.46 bits per heavy atom. The zero-order valence-corrected chi connectivity index (χ0v) is 15.9. The zero-order chi connectivity index (χ0) is 19.3. The summed E-state index contributed by atoms with van der Waals surface area (Å²) in [6, 6.07) is 14.3. The van der Waals surface area contributed by atoms with Crippen molar-refractivity contribution in [2.45, 2.75) is 0 Å². The quantitative estimate of drug-likeness (QED) is 0.750. The topological polar surface area (TPSA) is 60.0 Å². The second kappa shape index (κ2) is 8.29. The number of pyridine rings is 1. The van der Waals surface area contributed by atoms with Gasteiger partial charge in [-0.3, -0.25) is 14.6 Å². The number of carbonyl (C=O) groups excluding carboxylic acids is 2. The summed E-state index contributed by atoms with van der Waals surface area (Å²) in [7, 11) is 0. The van der Waals surface area contributed by atoms with Crippen LogP contribution in [0.25, 0.3) is 0 Å². The van der Waals surface area contributed by atoms with Gasteiger partial charge in [0.25, 0.3) is 5.91 Å². The Morgan fingerprint density at radius 1 is 0.821 bits per heavy atom. The third kappa shape index (κ3) is 3.93. The van der Waals surface area contributed by atoms with Crippen LogP contribution < -0.4 is 9.80 Å². The van der Waals surface area contributed by atoms with Crippen LogP contribution in [0.4, 0.5) is 11.4 Å². The predicted molar refractivity (Wildman–Crippen MR) is 109 cm³/mol. The smallest absolute Gasteiger partial charge is 0.272 e. The molecule has 0 radical (unpaired) electrons. The highest BCUT2D eigenvalue weighted by atomic mass is 16.2. The largest absolute Gasteiger partial charge is 0.368 e. The average molecular weight is 379 g/mol. The molecular formula is C21H25N5O2. The summed E-state index contributed by atoms with van der Waals surface area (Å²) in [6.07, 6.45) is 2.56. The number of benzene rings is 1. The maximum atomic E-state index is 12.8. The summed E-state index contributed by atoms with van der Waals surface area (Å²) < 4.78 is 0. The van der Waals surface area contributed by atoms with Gasteiger partial charge in [-0.05, 0) is 24.3 Å². The molecule has 146 valence electrons. The first-order chi connectivity index (χ1) is 13.7. The maximum absolute atomic E-state index is 12.8. The molecule has 1 aromatic carbocycles. The molecule has 0 saturated carbocycles. The molecule has 0 atom stereocenters. The first kappa shape index (κ1) is 18.3. The van der Waals surface area contributed by atoms with Crippen LogP contribution in [0.3, 0.4) is 0 Å². The van der Waals surface area contributed by atoms with Gasteiger partial charge in [0.2, 0.25) is 6.41 Å². The number of anilines is 2. The number of hydrogen-bond donors (Lipinski definition) is 0. The van der Waals surface area contributed by atoms with Gasteiger partial charge in [-0.25, -0.2) is 0 Å². The molecule has 3 heterocycles. The number of aromatic nitrogens is 1. The fourth-order valence-corrected chi connectivity index (χ4v) is 3.79. The maximum Gasteiger partial charge on any atom is 0.272 e. The Kier molecular flexibility index (Phi) is 5.41. The molecule has 1 aromatic heterocycles. The van der Waals surface area contributed by atoms with E-state index in [1.807, 2.05) is 18.2 Å². The fraction of sp³-hybridized carbons (Fsp3) is 0.381. The predicted octanol–water partition coefficient (Wildman–Crippen LogP) is 1.32. The van der Waals surface area contributed by atoms with Gasteiger partial charge >= 0.3 is 0 Å². The molecule has 2 aliphatic heterocycles. The number of piperazine rings is 2. The normalized spacial score (nSPS) is 17.6. The Hall–Kier alpha value is -3.09. The van der Waals surface area contributed by atoms with Gasteiger partial charge in [0.15, 0.2) is 0 Å². The second-order valence-electron chi connectivity index (χ2n) is 7.14. The minimum absolute atomic E-state index is 0.0599. The average Bonchev–Trinajstić information content (AvgIpc) is 2.79. The lowest BCUT2D eigenvalue weighted by atomic mass is 10.2. The molecule has 0 bridgehead atoms. The zero-order valence-electron chi connectivity index (χ0n) is 15.9. The van der Waals surface area contributed by atoms with Gasteiger partial charge in [-0.15, -0.1) is 0 Å². The van der Waals surface area contributed by atoms with E-state index in [-0.39, 0.29) is 5.91 Å². The molecule has 0 aliphatic carbocycles. The molecule has 2 amide bonds. The lowest BCUT2D eigenvalue weighted by Gasteiger charge is -2.37. The van der Waals surface area contributed by atoms with E-state index >= 15 is 0 Å². The second-order valence-corrected chi connectivity index (χ2v) is 7.14. The van der Waals surface area contributed by atoms with Crippen molar-refractivity contribution in [2.24, 2.45) is 0 Å². The summed E-state index contributed by atoms with van der Waals surface area (Å²) in [5, 5.41) is 0. The fourth-order valence-electron chi connectivity index (χ4n) is 3.79. The summed E-state index contributed by atoms with van der Waals surface area (Å²) in [6.45, 7) is 5.98. The molecule has 4 rings (SSSR count). The van der Waals surface area contributed by atoms with Crippen LogP contribution in [0.2, 0.25) is 0 Å². The molecular weight excluding hydrogens is 354 g/mol. The van der Waals surface area contributed by atoms with Gasteiger partial charge in [0.1, 0.15) is 5.69 Å². The monoisotopic (exact) mass is 379 g/mol. The minimum atomic E-state index is -0.0599. The Labute approximate surface area is 165 Å². The van der Waals surface area contributed by atoms with Crippen molar-refractivity contribution in [3.63, 3.8) is 0 Å². The van der Waals surface area contributed by atoms with E-state index in [1.54, 1.807) is 16.0 Å². The summed E-state index contributed by atoms with van der Waals surface area (Å²) in [5.74, 6) is -0.0599. The number of carbonyl (C=O) groups is 2. The number of rotatable bonds is 4. The number of amides is 2. The summed E-state index contributed by atoms with van der Waals surface area (Å²) >= 11 is 0. The van der Waals surface area contributed by atoms with Crippen molar-refractivity contribution < 1.29 is 9.59 Å². The van der Waals surface area contributed by atoms with Crippen LogP contribution in [0.5, 0.6) is 0 Å². The molecule has 7 heteroatoms. The first-order valence-electron chi connectivity index (χ1n) is 9.74. The van der Waals surface area contributed by atoms with Gasteiger partial charge in [-0.2, -0.15) is 0 Å². The molecule has 0 N–H and O–H groups in total. The van der Waals surface area contributed by atoms with Crippen LogP contribution in [0.1, 0.15) is 10.5 Å². The van der Waals surface area contributed by atoms with E-state index in [9.17, 15) is 9.59 Å². The molecule has 2 fully saturated rings. The molecule has 0 unspecified atom stereocenters. The summed E-state index contributed by atoms with van der Waals surface area (Å²) in [5.41, 5.74) is 2.77. The standard InChI is InChI=1S/C21H25N5O2/c27-17-23-8-10-26(11-9-23)21(28)20-16-19(6-7-22-20)25-14-12-24(13-15-25)18-4-2-1-3-5-18/h1-7,16-17H,8-15H2. The lowest BCUT2D eigenvalue weighted by Crippen LogP contribution is -2.48. The Morgan fingerprint density at radius 3 is 2.11 bits per heavy atom. The SMILES string of the molecule is O=CN1CCN(C(=O)c2cc(N3CCN(c4ccccc4)CC3)ccn2)CC1. The number of hydrogen-bond acceptors (Lipinski definition) is 5. The molecule has 2 aliphatic rings. The van der Waals surface area contributed by atoms with Gasteiger partial charge < -0.3 is 19.6 Å². The van der Waals surface area contributed by atoms with E-state index in [0.717, 1.165) is 38.3 Å². The van der Waals surface area contributed by atoms with Crippen molar-refractivity contribution in [1.29, 1.82) is 0 Å². The molecule has 2 aromatic rings. The highest BCUT2D eigenvalue weighted by Crippen LogP contribution is 2.21. The molecule has 0 spiro atoms. The van der Waals surface area contributed by atoms with Crippen molar-refractivity contribution in [1.82, 2.24) is 14.8 Å². The van der Waals surface area contributed by atoms with Gasteiger partial charge in [0.05, 0.1) is 0 Å². The van der Waals surface area contributed by atoms with Crippen LogP contribution in [-0.2, 0) is 4.79 Å². The van der Waals surface area contributed by atoms with E-state index in [2.05, 4.69) is 39.0 Å². The minimum Gasteiger partial charge on any atom is -0.368 e. The third-order valence-electron chi connectivity index (χ3n) is 5.48. The lowest BCUT2D eigenvalue weighted by molar-refractivity contribution is -0.119. The number of nitrogens with zero attached hydrogens (tertiary/aromatic N) is 5. The van der Waals surface area contributed by atoms with Gasteiger partial charge in [-0.1, -0.05) is 18.2 Å². The Bertz CT molecular complexity index is 813. The van der Waals surface area contributed by atoms with Crippen LogP contribution in [-0.4, -0.2) is 79.5 Å². The van der Waals surface area contributed by atoms with Crippen molar-refractivity contribution >= 4 is 23.7 Å². The van der Waals surface area contributed by atoms with E-state index in [4.69, 9.17) is 0 Å². The van der Waals surface area contributed by atoms with E-state index in [1.165, 1.54) is 5.69 Å². The van der Waals surface area contributed by atoms with Crippen LogP contribution in [0.15, 0.2) is 48.7 Å². The first-order valence-corrected chi connectivity index (χ1v) is 9.74. The van der Waals surface area contributed by atoms with Crippen molar-refractivity contribution in [3.05, 3.63) is 54.4 Å². The molecule has 28 heavy (non-hydrogen) atoms. The molecule has 2 saturated heterocycles. The van der Waals surface area contributed by atoms with E-state index < -0.39 is 0 Å².